The molecule has 0 radical (unpaired) electrons. The van der Waals surface area contributed by atoms with Crippen molar-refractivity contribution in [1.29, 1.82) is 0 Å². The molecular weight excluding hydrogens is 396 g/mol. The molecule has 0 spiro atoms. The van der Waals surface area contributed by atoms with Gasteiger partial charge in [-0.05, 0) is 54.2 Å². The smallest absolute Gasteiger partial charge is 0.257 e. The highest BCUT2D eigenvalue weighted by Gasteiger charge is 2.29. The lowest BCUT2D eigenvalue weighted by molar-refractivity contribution is -0.123. The quantitative estimate of drug-likeness (QED) is 0.546. The Morgan fingerprint density at radius 1 is 1.06 bits per heavy atom. The molecule has 1 unspecified atom stereocenters. The summed E-state index contributed by atoms with van der Waals surface area (Å²) in [5.74, 6) is 0.666. The minimum Gasteiger partial charge on any atom is -0.484 e. The van der Waals surface area contributed by atoms with Crippen LogP contribution >= 0.6 is 0 Å². The lowest BCUT2D eigenvalue weighted by atomic mass is 9.87. The molecule has 4 rings (SSSR count). The van der Waals surface area contributed by atoms with E-state index in [1.165, 1.54) is 27.8 Å². The van der Waals surface area contributed by atoms with Crippen molar-refractivity contribution in [2.24, 2.45) is 0 Å². The summed E-state index contributed by atoms with van der Waals surface area (Å²) in [7, 11) is 0. The lowest BCUT2D eigenvalue weighted by Gasteiger charge is -2.38. The first kappa shape index (κ1) is 22.1. The van der Waals surface area contributed by atoms with Gasteiger partial charge in [-0.25, -0.2) is 0 Å². The third kappa shape index (κ3) is 5.38. The SMILES string of the molecule is CCCNC(=O)COc1ccc2c(c1)C(c1ccccc1)N(Cc1cccc(C)c1)CC2. The number of hydrogen-bond donors (Lipinski definition) is 1. The molecule has 32 heavy (non-hydrogen) atoms. The molecule has 3 aromatic rings. The monoisotopic (exact) mass is 428 g/mol. The van der Waals surface area contributed by atoms with Gasteiger partial charge in [-0.2, -0.15) is 0 Å². The molecule has 1 atom stereocenters. The summed E-state index contributed by atoms with van der Waals surface area (Å²) in [5, 5.41) is 2.87. The van der Waals surface area contributed by atoms with Gasteiger partial charge in [0.1, 0.15) is 5.75 Å². The van der Waals surface area contributed by atoms with Gasteiger partial charge in [0.25, 0.3) is 5.91 Å². The van der Waals surface area contributed by atoms with Crippen molar-refractivity contribution >= 4 is 5.91 Å². The van der Waals surface area contributed by atoms with Crippen LogP contribution in [0.15, 0.2) is 72.8 Å². The Bertz CT molecular complexity index is 1050. The highest BCUT2D eigenvalue weighted by atomic mass is 16.5. The second-order valence-corrected chi connectivity index (χ2v) is 8.52. The van der Waals surface area contributed by atoms with E-state index in [2.05, 4.69) is 83.9 Å². The molecule has 0 fully saturated rings. The van der Waals surface area contributed by atoms with Gasteiger partial charge in [-0.1, -0.05) is 73.2 Å². The molecule has 4 heteroatoms. The maximum atomic E-state index is 12.0. The zero-order valence-corrected chi connectivity index (χ0v) is 19.0. The number of ether oxygens (including phenoxy) is 1. The minimum absolute atomic E-state index is 0.0434. The summed E-state index contributed by atoms with van der Waals surface area (Å²) in [6, 6.07) is 25.9. The topological polar surface area (TPSA) is 41.6 Å². The average Bonchev–Trinajstić information content (AvgIpc) is 2.81. The minimum atomic E-state index is -0.0785. The highest BCUT2D eigenvalue weighted by molar-refractivity contribution is 5.77. The number of aryl methyl sites for hydroxylation is 1. The van der Waals surface area contributed by atoms with Crippen molar-refractivity contribution in [1.82, 2.24) is 10.2 Å². The Morgan fingerprint density at radius 3 is 2.69 bits per heavy atom. The maximum absolute atomic E-state index is 12.0. The zero-order valence-electron chi connectivity index (χ0n) is 19.0. The van der Waals surface area contributed by atoms with E-state index in [9.17, 15) is 4.79 Å². The van der Waals surface area contributed by atoms with Crippen molar-refractivity contribution < 1.29 is 9.53 Å². The van der Waals surface area contributed by atoms with Crippen molar-refractivity contribution in [3.63, 3.8) is 0 Å². The van der Waals surface area contributed by atoms with Crippen LogP contribution in [0.25, 0.3) is 0 Å². The Kier molecular flexibility index (Phi) is 7.23. The molecule has 0 aromatic heterocycles. The van der Waals surface area contributed by atoms with Crippen LogP contribution in [-0.2, 0) is 17.8 Å². The maximum Gasteiger partial charge on any atom is 0.257 e. The van der Waals surface area contributed by atoms with Crippen LogP contribution < -0.4 is 10.1 Å². The molecule has 1 N–H and O–H groups in total. The number of fused-ring (bicyclic) bond motifs is 1. The largest absolute Gasteiger partial charge is 0.484 e. The van der Waals surface area contributed by atoms with Gasteiger partial charge in [-0.3, -0.25) is 9.69 Å². The van der Waals surface area contributed by atoms with Gasteiger partial charge in [-0.15, -0.1) is 0 Å². The van der Waals surface area contributed by atoms with E-state index in [-0.39, 0.29) is 18.6 Å². The average molecular weight is 429 g/mol. The zero-order chi connectivity index (χ0) is 22.3. The van der Waals surface area contributed by atoms with Crippen molar-refractivity contribution in [2.75, 3.05) is 19.7 Å². The fourth-order valence-corrected chi connectivity index (χ4v) is 4.44. The number of rotatable bonds is 8. The predicted octanol–water partition coefficient (Wildman–Crippen LogP) is 5.05. The third-order valence-corrected chi connectivity index (χ3v) is 5.97. The number of carbonyl (C=O) groups excluding carboxylic acids is 1. The molecule has 4 nitrogen and oxygen atoms in total. The fraction of sp³-hybridized carbons (Fsp3) is 0.321. The normalized spacial score (nSPS) is 15.8. The van der Waals surface area contributed by atoms with Gasteiger partial charge in [0, 0.05) is 19.6 Å². The van der Waals surface area contributed by atoms with Gasteiger partial charge in [0.15, 0.2) is 6.61 Å². The van der Waals surface area contributed by atoms with E-state index < -0.39 is 0 Å². The van der Waals surface area contributed by atoms with Crippen LogP contribution in [0.2, 0.25) is 0 Å². The van der Waals surface area contributed by atoms with E-state index in [1.54, 1.807) is 0 Å². The standard InChI is InChI=1S/C28H32N2O2/c1-3-15-29-27(31)20-32-25-13-12-23-14-16-30(19-22-9-7-8-21(2)17-22)28(26(23)18-25)24-10-5-4-6-11-24/h4-13,17-18,28H,3,14-16,19-20H2,1-2H3,(H,29,31). The molecule has 1 aliphatic rings. The van der Waals surface area contributed by atoms with Gasteiger partial charge < -0.3 is 10.1 Å². The van der Waals surface area contributed by atoms with Crippen LogP contribution in [0, 0.1) is 6.92 Å². The van der Waals surface area contributed by atoms with Crippen molar-refractivity contribution in [3.05, 3.63) is 101 Å². The number of benzene rings is 3. The summed E-state index contributed by atoms with van der Waals surface area (Å²) in [4.78, 5) is 14.5. The van der Waals surface area contributed by atoms with E-state index in [1.807, 2.05) is 13.0 Å². The number of amides is 1. The van der Waals surface area contributed by atoms with Gasteiger partial charge >= 0.3 is 0 Å². The first-order valence-electron chi connectivity index (χ1n) is 11.5. The molecule has 3 aromatic carbocycles. The lowest BCUT2D eigenvalue weighted by Crippen LogP contribution is -2.35. The number of nitrogens with one attached hydrogen (secondary N) is 1. The molecule has 166 valence electrons. The van der Waals surface area contributed by atoms with E-state index in [0.717, 1.165) is 31.7 Å². The van der Waals surface area contributed by atoms with E-state index in [4.69, 9.17) is 4.74 Å². The van der Waals surface area contributed by atoms with E-state index >= 15 is 0 Å². The van der Waals surface area contributed by atoms with Crippen molar-refractivity contribution in [3.8, 4) is 5.75 Å². The first-order chi connectivity index (χ1) is 15.6. The van der Waals surface area contributed by atoms with Crippen LogP contribution in [-0.4, -0.2) is 30.5 Å². The van der Waals surface area contributed by atoms with Crippen LogP contribution in [0.4, 0.5) is 0 Å². The molecule has 0 bridgehead atoms. The fourth-order valence-electron chi connectivity index (χ4n) is 4.44. The Hall–Kier alpha value is -3.11. The summed E-state index contributed by atoms with van der Waals surface area (Å²) < 4.78 is 5.85. The first-order valence-corrected chi connectivity index (χ1v) is 11.5. The summed E-state index contributed by atoms with van der Waals surface area (Å²) >= 11 is 0. The molecule has 0 saturated carbocycles. The Labute approximate surface area is 191 Å². The van der Waals surface area contributed by atoms with Gasteiger partial charge in [0.05, 0.1) is 6.04 Å². The van der Waals surface area contributed by atoms with Crippen LogP contribution in [0.3, 0.4) is 0 Å². The molecule has 1 amide bonds. The molecule has 1 aliphatic heterocycles. The number of carbonyl (C=O) groups is 1. The van der Waals surface area contributed by atoms with Gasteiger partial charge in [0.2, 0.25) is 0 Å². The summed E-state index contributed by atoms with van der Waals surface area (Å²) in [6.07, 6.45) is 1.92. The third-order valence-electron chi connectivity index (χ3n) is 5.97. The molecule has 0 saturated heterocycles. The molecule has 0 aliphatic carbocycles. The van der Waals surface area contributed by atoms with Crippen molar-refractivity contribution in [2.45, 2.75) is 39.3 Å². The summed E-state index contributed by atoms with van der Waals surface area (Å²) in [5.41, 5.74) is 6.50. The van der Waals surface area contributed by atoms with Crippen LogP contribution in [0.1, 0.15) is 47.2 Å². The second-order valence-electron chi connectivity index (χ2n) is 8.52. The predicted molar refractivity (Wildman–Crippen MR) is 129 cm³/mol. The Balaban J connectivity index is 1.61. The number of nitrogens with zero attached hydrogens (tertiary/aromatic N) is 1. The summed E-state index contributed by atoms with van der Waals surface area (Å²) in [6.45, 7) is 6.80. The molecular formula is C28H32N2O2. The second kappa shape index (κ2) is 10.5. The Morgan fingerprint density at radius 2 is 1.91 bits per heavy atom. The van der Waals surface area contributed by atoms with E-state index in [0.29, 0.717) is 6.54 Å². The van der Waals surface area contributed by atoms with Crippen LogP contribution in [0.5, 0.6) is 5.75 Å². The number of hydrogen-bond acceptors (Lipinski definition) is 3. The molecule has 1 heterocycles. The highest BCUT2D eigenvalue weighted by Crippen LogP contribution is 2.38.